The molecule has 0 fully saturated rings. The van der Waals surface area contributed by atoms with Crippen LogP contribution >= 0.6 is 0 Å². The smallest absolute Gasteiger partial charge is 0.409 e. The van der Waals surface area contributed by atoms with Gasteiger partial charge in [-0.2, -0.15) is 15.4 Å². The Labute approximate surface area is 162 Å². The fourth-order valence-corrected chi connectivity index (χ4v) is 1.86. The lowest BCUT2D eigenvalue weighted by molar-refractivity contribution is 0.470. The fraction of sp³-hybridized carbons (Fsp3) is 0.125. The lowest BCUT2D eigenvalue weighted by atomic mass is 10.2. The summed E-state index contributed by atoms with van der Waals surface area (Å²) in [5.41, 5.74) is 1.85. The topological polar surface area (TPSA) is 100 Å². The van der Waals surface area contributed by atoms with Gasteiger partial charge in [0.25, 0.3) is 0 Å². The first-order valence-corrected chi connectivity index (χ1v) is 8.85. The molecule has 3 N–H and O–H groups in total. The van der Waals surface area contributed by atoms with Crippen molar-refractivity contribution in [3.05, 3.63) is 72.1 Å². The Morgan fingerprint density at radius 3 is 1.35 bits per heavy atom. The quantitative estimate of drug-likeness (QED) is 0.567. The number of para-hydroxylation sites is 2. The molecule has 7 nitrogen and oxygen atoms in total. The average Bonchev–Trinajstić information content (AvgIpc) is 3.22. The van der Waals surface area contributed by atoms with Crippen molar-refractivity contribution in [2.24, 2.45) is 0 Å². The highest BCUT2D eigenvalue weighted by Crippen LogP contribution is 2.12. The lowest BCUT2D eigenvalue weighted by Crippen LogP contribution is -1.96. The van der Waals surface area contributed by atoms with Crippen LogP contribution in [0.1, 0.15) is 11.1 Å². The van der Waals surface area contributed by atoms with Gasteiger partial charge in [0.1, 0.15) is 11.5 Å². The van der Waals surface area contributed by atoms with Gasteiger partial charge in [-0.15, -0.1) is 0 Å². The summed E-state index contributed by atoms with van der Waals surface area (Å²) in [6.07, 6.45) is 3.17. The zero-order valence-electron chi connectivity index (χ0n) is 14.4. The van der Waals surface area contributed by atoms with Crippen molar-refractivity contribution >= 4 is 31.0 Å². The molecule has 0 bridgehead atoms. The first kappa shape index (κ1) is 23.8. The number of phenols is 2. The molecule has 1 heterocycles. The van der Waals surface area contributed by atoms with Gasteiger partial charge in [0.2, 0.25) is 21.0 Å². The molecular formula is C16H19N3O4Si3. The van der Waals surface area contributed by atoms with Gasteiger partial charge in [-0.05, 0) is 37.1 Å². The number of H-pyrrole nitrogens is 1. The van der Waals surface area contributed by atoms with E-state index in [1.807, 2.05) is 50.2 Å². The molecule has 0 amide bonds. The third kappa shape index (κ3) is 13.1. The number of phenolic OH excluding ortho intramolecular Hbond substituents is 2. The molecule has 0 unspecified atom stereocenters. The van der Waals surface area contributed by atoms with Gasteiger partial charge >= 0.3 is 10.0 Å². The number of benzene rings is 2. The Morgan fingerprint density at radius 2 is 1.19 bits per heavy atom. The zero-order valence-corrected chi connectivity index (χ0v) is 17.4. The maximum Gasteiger partial charge on any atom is 0.409 e. The number of rotatable bonds is 2. The second-order valence-corrected chi connectivity index (χ2v) is 6.32. The number of aromatic nitrogens is 3. The SMILES string of the molecule is Cc1ccccc1O.Cc1ccccc1O.[Si]O[Si]O[Si].c1cn[nH]n1. The van der Waals surface area contributed by atoms with E-state index in [1.54, 1.807) is 24.5 Å². The van der Waals surface area contributed by atoms with Crippen molar-refractivity contribution < 1.29 is 18.4 Å². The molecule has 10 heteroatoms. The number of nitrogens with zero attached hydrogens (tertiary/aromatic N) is 2. The van der Waals surface area contributed by atoms with Gasteiger partial charge in [0.05, 0.1) is 12.4 Å². The number of hydrogen-bond donors (Lipinski definition) is 3. The summed E-state index contributed by atoms with van der Waals surface area (Å²) in [6, 6.07) is 14.5. The number of hydrogen-bond acceptors (Lipinski definition) is 6. The maximum absolute atomic E-state index is 8.92. The first-order chi connectivity index (χ1) is 12.5. The highest BCUT2D eigenvalue weighted by molar-refractivity contribution is 6.33. The molecular weight excluding hydrogens is 382 g/mol. The van der Waals surface area contributed by atoms with Crippen LogP contribution in [0.5, 0.6) is 11.5 Å². The van der Waals surface area contributed by atoms with E-state index in [-0.39, 0.29) is 10.0 Å². The minimum atomic E-state index is 0.0247. The first-order valence-electron chi connectivity index (χ1n) is 7.22. The highest BCUT2D eigenvalue weighted by Gasteiger charge is 1.87. The monoisotopic (exact) mass is 401 g/mol. The van der Waals surface area contributed by atoms with Crippen molar-refractivity contribution in [3.8, 4) is 11.5 Å². The summed E-state index contributed by atoms with van der Waals surface area (Å²) in [6.45, 7) is 3.74. The molecule has 0 spiro atoms. The molecule has 0 aliphatic heterocycles. The van der Waals surface area contributed by atoms with Crippen molar-refractivity contribution in [3.63, 3.8) is 0 Å². The highest BCUT2D eigenvalue weighted by atomic mass is 28.3. The van der Waals surface area contributed by atoms with Gasteiger partial charge in [0.15, 0.2) is 0 Å². The van der Waals surface area contributed by atoms with Crippen LogP contribution in [0.4, 0.5) is 0 Å². The van der Waals surface area contributed by atoms with Crippen LogP contribution in [-0.4, -0.2) is 56.6 Å². The molecule has 0 aliphatic rings. The zero-order chi connectivity index (χ0) is 19.6. The van der Waals surface area contributed by atoms with E-state index in [1.165, 1.54) is 0 Å². The van der Waals surface area contributed by atoms with Gasteiger partial charge < -0.3 is 18.4 Å². The van der Waals surface area contributed by atoms with Crippen LogP contribution < -0.4 is 0 Å². The van der Waals surface area contributed by atoms with Gasteiger partial charge in [-0.25, -0.2) is 0 Å². The third-order valence-electron chi connectivity index (χ3n) is 2.65. The molecule has 0 saturated heterocycles. The predicted molar refractivity (Wildman–Crippen MR) is 102 cm³/mol. The van der Waals surface area contributed by atoms with Crippen molar-refractivity contribution in [2.45, 2.75) is 13.8 Å². The van der Waals surface area contributed by atoms with E-state index in [2.05, 4.69) is 44.6 Å². The van der Waals surface area contributed by atoms with E-state index in [0.717, 1.165) is 11.1 Å². The molecule has 0 atom stereocenters. The number of aryl methyl sites for hydroxylation is 2. The fourth-order valence-electron chi connectivity index (χ4n) is 1.31. The molecule has 1 aromatic heterocycles. The second-order valence-electron chi connectivity index (χ2n) is 4.52. The standard InChI is InChI=1S/2C7H8O.C2H3N3.O2Si3/c2*1-6-4-2-3-5-7(6)8;1-2-4-5-3-1;3-1-5-2-4/h2*2-5,8H,1H3;1-2H,(H,3,4,5);. The summed E-state index contributed by atoms with van der Waals surface area (Å²) in [5, 5.41) is 27.2. The lowest BCUT2D eigenvalue weighted by Gasteiger charge is -1.92. The van der Waals surface area contributed by atoms with E-state index in [4.69, 9.17) is 10.2 Å². The molecule has 3 aromatic rings. The van der Waals surface area contributed by atoms with Crippen LogP contribution in [0.3, 0.4) is 0 Å². The predicted octanol–water partition coefficient (Wildman–Crippen LogP) is 1.93. The summed E-state index contributed by atoms with van der Waals surface area (Å²) < 4.78 is 8.51. The van der Waals surface area contributed by atoms with Gasteiger partial charge in [-0.3, -0.25) is 0 Å². The summed E-state index contributed by atoms with van der Waals surface area (Å²) in [7, 11) is 5.44. The molecule has 134 valence electrons. The van der Waals surface area contributed by atoms with Crippen LogP contribution in [-0.2, 0) is 8.23 Å². The van der Waals surface area contributed by atoms with Crippen molar-refractivity contribution in [1.29, 1.82) is 0 Å². The molecule has 2 aromatic carbocycles. The van der Waals surface area contributed by atoms with Crippen LogP contribution in [0.15, 0.2) is 60.9 Å². The van der Waals surface area contributed by atoms with Crippen LogP contribution in [0.2, 0.25) is 0 Å². The van der Waals surface area contributed by atoms with Crippen molar-refractivity contribution in [2.75, 3.05) is 0 Å². The minimum Gasteiger partial charge on any atom is -0.508 e. The molecule has 8 radical (unpaired) electrons. The van der Waals surface area contributed by atoms with Gasteiger partial charge in [-0.1, -0.05) is 36.4 Å². The van der Waals surface area contributed by atoms with E-state index in [0.29, 0.717) is 11.5 Å². The van der Waals surface area contributed by atoms with Crippen LogP contribution in [0.25, 0.3) is 0 Å². The van der Waals surface area contributed by atoms with Crippen LogP contribution in [0, 0.1) is 13.8 Å². The molecule has 3 rings (SSSR count). The normalized spacial score (nSPS) is 8.77. The number of aromatic hydroxyl groups is 2. The average molecular weight is 402 g/mol. The Hall–Kier alpha value is -2.25. The van der Waals surface area contributed by atoms with E-state index >= 15 is 0 Å². The summed E-state index contributed by atoms with van der Waals surface area (Å²) >= 11 is 0. The Balaban J connectivity index is 0.000000329. The molecule has 0 saturated carbocycles. The second kappa shape index (κ2) is 16.2. The molecule has 26 heavy (non-hydrogen) atoms. The number of nitrogens with one attached hydrogen (secondary N) is 1. The van der Waals surface area contributed by atoms with Crippen molar-refractivity contribution in [1.82, 2.24) is 15.4 Å². The third-order valence-corrected chi connectivity index (χ3v) is 3.31. The minimum absolute atomic E-state index is 0.0247. The van der Waals surface area contributed by atoms with E-state index in [9.17, 15) is 0 Å². The maximum atomic E-state index is 8.92. The van der Waals surface area contributed by atoms with Gasteiger partial charge in [0, 0.05) is 0 Å². The summed E-state index contributed by atoms with van der Waals surface area (Å²) in [4.78, 5) is 0. The Kier molecular flexibility index (Phi) is 14.8. The largest absolute Gasteiger partial charge is 0.508 e. The Morgan fingerprint density at radius 1 is 0.808 bits per heavy atom. The van der Waals surface area contributed by atoms with E-state index < -0.39 is 0 Å². The summed E-state index contributed by atoms with van der Waals surface area (Å²) in [5.74, 6) is 0.736. The number of aromatic amines is 1. The Bertz CT molecular complexity index is 583. The molecule has 0 aliphatic carbocycles.